The van der Waals surface area contributed by atoms with Gasteiger partial charge in [0, 0.05) is 43.6 Å². The molecule has 0 heterocycles. The summed E-state index contributed by atoms with van der Waals surface area (Å²) in [5.74, 6) is -3.84. The third-order valence-electron chi connectivity index (χ3n) is 2.64. The lowest BCUT2D eigenvalue weighted by Gasteiger charge is -2.25. The molecule has 0 aromatic heterocycles. The molecule has 0 N–H and O–H groups in total. The van der Waals surface area contributed by atoms with Crippen LogP contribution >= 0.6 is 0 Å². The van der Waals surface area contributed by atoms with Gasteiger partial charge >= 0.3 is 0 Å². The van der Waals surface area contributed by atoms with Crippen molar-refractivity contribution in [2.45, 2.75) is 12.8 Å². The summed E-state index contributed by atoms with van der Waals surface area (Å²) in [6.07, 6.45) is -0.537. The Morgan fingerprint density at radius 3 is 1.65 bits per heavy atom. The fourth-order valence-electron chi connectivity index (χ4n) is 1.63. The molecular formula is C13H12NO6-3. The van der Waals surface area contributed by atoms with Gasteiger partial charge in [-0.15, -0.1) is 0 Å². The molecule has 0 radical (unpaired) electrons. The Kier molecular flexibility index (Phi) is 5.52. The third-order valence-corrected chi connectivity index (χ3v) is 2.64. The van der Waals surface area contributed by atoms with E-state index in [9.17, 15) is 29.7 Å². The molecule has 1 rings (SSSR count). The van der Waals surface area contributed by atoms with E-state index in [2.05, 4.69) is 0 Å². The first-order valence-corrected chi connectivity index (χ1v) is 5.86. The number of aromatic carboxylic acids is 1. The lowest BCUT2D eigenvalue weighted by atomic mass is 10.2. The van der Waals surface area contributed by atoms with Crippen molar-refractivity contribution >= 4 is 23.6 Å². The van der Waals surface area contributed by atoms with Crippen molar-refractivity contribution in [3.8, 4) is 0 Å². The molecule has 0 saturated carbocycles. The Hall–Kier alpha value is -2.57. The van der Waals surface area contributed by atoms with Crippen LogP contribution in [-0.4, -0.2) is 31.0 Å². The molecule has 0 bridgehead atoms. The summed E-state index contributed by atoms with van der Waals surface area (Å²) >= 11 is 0. The SMILES string of the molecule is O=C([O-])CCN(CCC(=O)[O-])c1ccc(C(=O)[O-])cc1. The molecule has 0 aliphatic carbocycles. The Labute approximate surface area is 115 Å². The van der Waals surface area contributed by atoms with E-state index in [-0.39, 0.29) is 31.5 Å². The molecule has 0 amide bonds. The van der Waals surface area contributed by atoms with E-state index in [1.54, 1.807) is 0 Å². The van der Waals surface area contributed by atoms with Gasteiger partial charge in [-0.2, -0.15) is 0 Å². The van der Waals surface area contributed by atoms with Crippen LogP contribution in [0.2, 0.25) is 0 Å². The molecule has 0 aliphatic heterocycles. The smallest absolute Gasteiger partial charge is 0.0715 e. The number of hydrogen-bond acceptors (Lipinski definition) is 7. The molecular weight excluding hydrogens is 266 g/mol. The van der Waals surface area contributed by atoms with Gasteiger partial charge in [0.2, 0.25) is 0 Å². The van der Waals surface area contributed by atoms with Crippen molar-refractivity contribution in [1.82, 2.24) is 0 Å². The standard InChI is InChI=1S/C13H15NO6/c15-11(16)5-7-14(8-6-12(17)18)10-3-1-9(2-4-10)13(19)20/h1-4H,5-8H2,(H,15,16)(H,17,18)(H,19,20)/p-3. The van der Waals surface area contributed by atoms with E-state index < -0.39 is 17.9 Å². The second-order valence-corrected chi connectivity index (χ2v) is 4.07. The maximum absolute atomic E-state index is 10.6. The molecule has 7 heteroatoms. The van der Waals surface area contributed by atoms with E-state index in [1.807, 2.05) is 0 Å². The number of carboxylic acids is 3. The zero-order chi connectivity index (χ0) is 15.1. The molecule has 7 nitrogen and oxygen atoms in total. The van der Waals surface area contributed by atoms with Gasteiger partial charge in [0.1, 0.15) is 0 Å². The van der Waals surface area contributed by atoms with Crippen LogP contribution in [0, 0.1) is 0 Å². The quantitative estimate of drug-likeness (QED) is 0.500. The number of carbonyl (C=O) groups is 3. The summed E-state index contributed by atoms with van der Waals surface area (Å²) in [4.78, 5) is 33.0. The Morgan fingerprint density at radius 2 is 1.30 bits per heavy atom. The van der Waals surface area contributed by atoms with Crippen LogP contribution < -0.4 is 20.2 Å². The monoisotopic (exact) mass is 278 g/mol. The summed E-state index contributed by atoms with van der Waals surface area (Å²) in [5.41, 5.74) is 0.492. The second-order valence-electron chi connectivity index (χ2n) is 4.07. The Morgan fingerprint density at radius 1 is 0.850 bits per heavy atom. The molecule has 0 unspecified atom stereocenters. The largest absolute Gasteiger partial charge is 0.550 e. The van der Waals surface area contributed by atoms with Gasteiger partial charge in [-0.05, 0) is 17.7 Å². The average Bonchev–Trinajstić information content (AvgIpc) is 2.38. The number of hydrogen-bond donors (Lipinski definition) is 0. The van der Waals surface area contributed by atoms with Gasteiger partial charge in [-0.25, -0.2) is 0 Å². The summed E-state index contributed by atoms with van der Waals surface area (Å²) in [6.45, 7) is 0.112. The number of rotatable bonds is 8. The van der Waals surface area contributed by atoms with Crippen molar-refractivity contribution in [3.05, 3.63) is 29.8 Å². The zero-order valence-corrected chi connectivity index (χ0v) is 10.5. The summed E-state index contributed by atoms with van der Waals surface area (Å²) in [5, 5.41) is 31.5. The lowest BCUT2D eigenvalue weighted by molar-refractivity contribution is -0.306. The average molecular weight is 278 g/mol. The summed E-state index contributed by atoms with van der Waals surface area (Å²) < 4.78 is 0. The highest BCUT2D eigenvalue weighted by Gasteiger charge is 2.07. The van der Waals surface area contributed by atoms with Crippen LogP contribution in [0.25, 0.3) is 0 Å². The highest BCUT2D eigenvalue weighted by atomic mass is 16.4. The normalized spacial score (nSPS) is 10.0. The fourth-order valence-corrected chi connectivity index (χ4v) is 1.63. The number of nitrogens with zero attached hydrogens (tertiary/aromatic N) is 1. The summed E-state index contributed by atoms with van der Waals surface area (Å²) in [6, 6.07) is 5.51. The minimum Gasteiger partial charge on any atom is -0.550 e. The van der Waals surface area contributed by atoms with Crippen LogP contribution in [0.4, 0.5) is 5.69 Å². The van der Waals surface area contributed by atoms with Crippen LogP contribution in [0.1, 0.15) is 23.2 Å². The first-order valence-electron chi connectivity index (χ1n) is 5.86. The van der Waals surface area contributed by atoms with E-state index in [0.717, 1.165) is 0 Å². The summed E-state index contributed by atoms with van der Waals surface area (Å²) in [7, 11) is 0. The maximum atomic E-state index is 10.6. The topological polar surface area (TPSA) is 124 Å². The molecule has 20 heavy (non-hydrogen) atoms. The lowest BCUT2D eigenvalue weighted by Crippen LogP contribution is -2.35. The number of anilines is 1. The number of carbonyl (C=O) groups excluding carboxylic acids is 3. The van der Waals surface area contributed by atoms with Gasteiger partial charge in [0.05, 0.1) is 5.97 Å². The molecule has 0 saturated heterocycles. The van der Waals surface area contributed by atoms with Gasteiger partial charge in [-0.1, -0.05) is 12.1 Å². The van der Waals surface area contributed by atoms with Crippen molar-refractivity contribution < 1.29 is 29.7 Å². The molecule has 0 spiro atoms. The van der Waals surface area contributed by atoms with Gasteiger partial charge < -0.3 is 34.6 Å². The van der Waals surface area contributed by atoms with Crippen LogP contribution in [-0.2, 0) is 9.59 Å². The van der Waals surface area contributed by atoms with Crippen molar-refractivity contribution in [2.24, 2.45) is 0 Å². The van der Waals surface area contributed by atoms with Gasteiger partial charge in [-0.3, -0.25) is 0 Å². The van der Waals surface area contributed by atoms with Crippen LogP contribution in [0.5, 0.6) is 0 Å². The first kappa shape index (κ1) is 15.5. The number of benzene rings is 1. The van der Waals surface area contributed by atoms with E-state index in [4.69, 9.17) is 0 Å². The Bertz CT molecular complexity index is 478. The predicted octanol–water partition coefficient (Wildman–Crippen LogP) is -2.86. The minimum absolute atomic E-state index is 0.0199. The van der Waals surface area contributed by atoms with Crippen molar-refractivity contribution in [3.63, 3.8) is 0 Å². The van der Waals surface area contributed by atoms with Crippen LogP contribution in [0.3, 0.4) is 0 Å². The first-order chi connectivity index (χ1) is 9.40. The zero-order valence-electron chi connectivity index (χ0n) is 10.5. The number of aliphatic carboxylic acids is 2. The minimum atomic E-state index is -1.33. The Balaban J connectivity index is 2.81. The van der Waals surface area contributed by atoms with E-state index >= 15 is 0 Å². The highest BCUT2D eigenvalue weighted by Crippen LogP contribution is 2.16. The van der Waals surface area contributed by atoms with E-state index in [1.165, 1.54) is 29.2 Å². The molecule has 0 fully saturated rings. The number of carboxylic acid groups (broad SMARTS) is 3. The molecule has 0 aliphatic rings. The molecule has 0 atom stereocenters. The van der Waals surface area contributed by atoms with Crippen molar-refractivity contribution in [1.29, 1.82) is 0 Å². The van der Waals surface area contributed by atoms with E-state index in [0.29, 0.717) is 5.69 Å². The molecule has 1 aromatic rings. The third kappa shape index (κ3) is 4.97. The maximum Gasteiger partial charge on any atom is 0.0715 e. The van der Waals surface area contributed by atoms with Crippen molar-refractivity contribution in [2.75, 3.05) is 18.0 Å². The van der Waals surface area contributed by atoms with Gasteiger partial charge in [0.15, 0.2) is 0 Å². The second kappa shape index (κ2) is 7.13. The van der Waals surface area contributed by atoms with Gasteiger partial charge in [0.25, 0.3) is 0 Å². The predicted molar refractivity (Wildman–Crippen MR) is 62.2 cm³/mol. The fraction of sp³-hybridized carbons (Fsp3) is 0.308. The van der Waals surface area contributed by atoms with Crippen LogP contribution in [0.15, 0.2) is 24.3 Å². The highest BCUT2D eigenvalue weighted by molar-refractivity contribution is 5.86. The molecule has 1 aromatic carbocycles. The molecule has 108 valence electrons.